The third-order valence-electron chi connectivity index (χ3n) is 5.43. The first-order valence-corrected chi connectivity index (χ1v) is 12.7. The van der Waals surface area contributed by atoms with E-state index in [4.69, 9.17) is 16.3 Å². The van der Waals surface area contributed by atoms with Crippen LogP contribution in [0.4, 0.5) is 0 Å². The predicted octanol–water partition coefficient (Wildman–Crippen LogP) is 3.08. The summed E-state index contributed by atoms with van der Waals surface area (Å²) in [5.41, 5.74) is 5.06. The second kappa shape index (κ2) is 14.4. The number of hydrogen-bond donors (Lipinski definition) is 2. The van der Waals surface area contributed by atoms with E-state index in [0.29, 0.717) is 36.0 Å². The van der Waals surface area contributed by atoms with Crippen LogP contribution in [0.1, 0.15) is 34.9 Å². The van der Waals surface area contributed by atoms with E-state index in [1.807, 2.05) is 73.8 Å². The van der Waals surface area contributed by atoms with Gasteiger partial charge in [0.1, 0.15) is 6.04 Å². The number of benzene rings is 3. The second-order valence-corrected chi connectivity index (χ2v) is 9.38. The van der Waals surface area contributed by atoms with Crippen molar-refractivity contribution < 1.29 is 39.7 Å². The quantitative estimate of drug-likeness (QED) is 0.392. The van der Waals surface area contributed by atoms with Crippen LogP contribution in [0.25, 0.3) is 11.1 Å². The molecule has 0 fully saturated rings. The van der Waals surface area contributed by atoms with Crippen LogP contribution >= 0.6 is 23.4 Å². The van der Waals surface area contributed by atoms with Crippen molar-refractivity contribution in [3.63, 3.8) is 0 Å². The molecule has 0 radical (unpaired) electrons. The fourth-order valence-electron chi connectivity index (χ4n) is 3.57. The summed E-state index contributed by atoms with van der Waals surface area (Å²) in [6.45, 7) is 2.79. The van der Waals surface area contributed by atoms with Gasteiger partial charge in [0.05, 0.1) is 13.2 Å². The van der Waals surface area contributed by atoms with Crippen molar-refractivity contribution in [2.24, 2.45) is 0 Å². The maximum absolute atomic E-state index is 13.1. The SMILES string of the molecule is CSCC[C@H](NC(=O)c1ccc(COCc2ccc(Cl)cc2)cc1-c1ccccc1C)C(=O)O.[H-].[Li+]. The van der Waals surface area contributed by atoms with E-state index in [1.165, 1.54) is 0 Å². The monoisotopic (exact) mass is 505 g/mol. The molecule has 0 bridgehead atoms. The summed E-state index contributed by atoms with van der Waals surface area (Å²) in [5.74, 6) is -0.793. The normalized spacial score (nSPS) is 11.4. The minimum Gasteiger partial charge on any atom is -1.00 e. The Labute approximate surface area is 229 Å². The van der Waals surface area contributed by atoms with Crippen LogP contribution < -0.4 is 24.2 Å². The molecule has 1 amide bonds. The molecule has 180 valence electrons. The van der Waals surface area contributed by atoms with Crippen LogP contribution in [0.5, 0.6) is 0 Å². The van der Waals surface area contributed by atoms with Gasteiger partial charge in [-0.15, -0.1) is 0 Å². The number of hydrogen-bond acceptors (Lipinski definition) is 4. The molecule has 0 saturated heterocycles. The molecule has 0 aliphatic heterocycles. The Morgan fingerprint density at radius 1 is 1.03 bits per heavy atom. The van der Waals surface area contributed by atoms with E-state index in [9.17, 15) is 14.7 Å². The van der Waals surface area contributed by atoms with E-state index < -0.39 is 17.9 Å². The van der Waals surface area contributed by atoms with Gasteiger partial charge in [-0.3, -0.25) is 4.79 Å². The predicted molar refractivity (Wildman–Crippen MR) is 140 cm³/mol. The third kappa shape index (κ3) is 8.45. The number of nitrogens with one attached hydrogen (secondary N) is 1. The molecule has 0 heterocycles. The van der Waals surface area contributed by atoms with Crippen LogP contribution in [0.15, 0.2) is 66.7 Å². The van der Waals surface area contributed by atoms with Gasteiger partial charge >= 0.3 is 24.8 Å². The van der Waals surface area contributed by atoms with Crippen LogP contribution in [0.3, 0.4) is 0 Å². The molecular weight excluding hydrogens is 477 g/mol. The maximum Gasteiger partial charge on any atom is 1.00 e. The average molecular weight is 506 g/mol. The molecule has 1 atom stereocenters. The van der Waals surface area contributed by atoms with Crippen molar-refractivity contribution in [2.45, 2.75) is 32.6 Å². The van der Waals surface area contributed by atoms with E-state index in [1.54, 1.807) is 17.8 Å². The minimum absolute atomic E-state index is 0. The number of carbonyl (C=O) groups is 2. The number of aryl methyl sites for hydroxylation is 1. The zero-order valence-corrected chi connectivity index (χ0v) is 21.8. The summed E-state index contributed by atoms with van der Waals surface area (Å²) in [6.07, 6.45) is 2.27. The molecule has 0 saturated carbocycles. The Bertz CT molecular complexity index is 1150. The van der Waals surface area contributed by atoms with Gasteiger partial charge in [-0.25, -0.2) is 4.79 Å². The van der Waals surface area contributed by atoms with Gasteiger partial charge in [0.15, 0.2) is 0 Å². The zero-order valence-electron chi connectivity index (χ0n) is 21.2. The molecule has 0 unspecified atom stereocenters. The summed E-state index contributed by atoms with van der Waals surface area (Å²) in [5, 5.41) is 12.9. The van der Waals surface area contributed by atoms with Crippen molar-refractivity contribution in [3.05, 3.63) is 94.0 Å². The summed E-state index contributed by atoms with van der Waals surface area (Å²) in [4.78, 5) is 24.8. The maximum atomic E-state index is 13.1. The molecule has 35 heavy (non-hydrogen) atoms. The first kappa shape index (κ1) is 29.0. The fourth-order valence-corrected chi connectivity index (χ4v) is 4.17. The number of aliphatic carboxylic acids is 1. The number of carboxylic acid groups (broad SMARTS) is 1. The van der Waals surface area contributed by atoms with Gasteiger partial charge in [-0.05, 0) is 77.4 Å². The summed E-state index contributed by atoms with van der Waals surface area (Å²) in [7, 11) is 0. The molecule has 3 aromatic rings. The molecule has 3 rings (SSSR count). The largest absolute Gasteiger partial charge is 1.00 e. The van der Waals surface area contributed by atoms with E-state index in [-0.39, 0.29) is 20.3 Å². The second-order valence-electron chi connectivity index (χ2n) is 7.96. The fraction of sp³-hybridized carbons (Fsp3) is 0.259. The number of amides is 1. The van der Waals surface area contributed by atoms with Crippen LogP contribution in [0, 0.1) is 6.92 Å². The molecule has 0 aromatic heterocycles. The smallest absolute Gasteiger partial charge is 1.00 e. The molecule has 0 aliphatic rings. The molecule has 5 nitrogen and oxygen atoms in total. The van der Waals surface area contributed by atoms with E-state index >= 15 is 0 Å². The third-order valence-corrected chi connectivity index (χ3v) is 6.32. The van der Waals surface area contributed by atoms with Gasteiger partial charge in [0.25, 0.3) is 5.91 Å². The van der Waals surface area contributed by atoms with Crippen molar-refractivity contribution >= 4 is 35.2 Å². The Kier molecular flexibility index (Phi) is 11.9. The van der Waals surface area contributed by atoms with E-state index in [2.05, 4.69) is 5.32 Å². The number of halogens is 1. The van der Waals surface area contributed by atoms with Gasteiger partial charge in [-0.2, -0.15) is 11.8 Å². The number of carboxylic acids is 1. The van der Waals surface area contributed by atoms with Gasteiger partial charge < -0.3 is 16.6 Å². The van der Waals surface area contributed by atoms with Crippen molar-refractivity contribution in [1.29, 1.82) is 0 Å². The van der Waals surface area contributed by atoms with Gasteiger partial charge in [0.2, 0.25) is 0 Å². The van der Waals surface area contributed by atoms with Crippen molar-refractivity contribution in [3.8, 4) is 11.1 Å². The molecule has 8 heteroatoms. The summed E-state index contributed by atoms with van der Waals surface area (Å²) in [6, 6.07) is 19.9. The average Bonchev–Trinajstić information content (AvgIpc) is 2.83. The molecule has 0 aliphatic carbocycles. The van der Waals surface area contributed by atoms with Crippen molar-refractivity contribution in [2.75, 3.05) is 12.0 Å². The zero-order chi connectivity index (χ0) is 24.5. The van der Waals surface area contributed by atoms with Crippen LogP contribution in [-0.2, 0) is 22.7 Å². The number of carbonyl (C=O) groups excluding carboxylic acids is 1. The Morgan fingerprint density at radius 3 is 2.34 bits per heavy atom. The molecular formula is C27H29ClLiNO4S. The number of thioether (sulfide) groups is 1. The Balaban J connectivity index is 0.00000324. The molecule has 0 spiro atoms. The minimum atomic E-state index is -1.04. The molecule has 3 aromatic carbocycles. The number of rotatable bonds is 11. The van der Waals surface area contributed by atoms with Crippen LogP contribution in [0.2, 0.25) is 5.02 Å². The summed E-state index contributed by atoms with van der Waals surface area (Å²) < 4.78 is 5.88. The Morgan fingerprint density at radius 2 is 1.69 bits per heavy atom. The van der Waals surface area contributed by atoms with Crippen LogP contribution in [-0.4, -0.2) is 35.0 Å². The first-order chi connectivity index (χ1) is 16.4. The summed E-state index contributed by atoms with van der Waals surface area (Å²) >= 11 is 7.48. The van der Waals surface area contributed by atoms with Gasteiger partial charge in [0, 0.05) is 10.6 Å². The first-order valence-electron chi connectivity index (χ1n) is 10.9. The Hall–Kier alpha value is -2.20. The number of ether oxygens (including phenoxy) is 1. The van der Waals surface area contributed by atoms with Gasteiger partial charge in [-0.1, -0.05) is 54.1 Å². The standard InChI is InChI=1S/C27H28ClNO4S.Li.H/c1-18-5-3-4-6-22(18)24-15-20(17-33-16-19-7-10-21(28)11-8-19)9-12-23(24)26(30)29-25(27(31)32)13-14-34-2;;/h3-12,15,25H,13-14,16-17H2,1-2H3,(H,29,30)(H,31,32);;/q;+1;-1/t25-;;/m0../s1. The van der Waals surface area contributed by atoms with E-state index in [0.717, 1.165) is 27.8 Å². The topological polar surface area (TPSA) is 75.6 Å². The molecule has 2 N–H and O–H groups in total. The van der Waals surface area contributed by atoms with Crippen molar-refractivity contribution in [1.82, 2.24) is 5.32 Å².